The van der Waals surface area contributed by atoms with Crippen LogP contribution in [0.4, 0.5) is 0 Å². The van der Waals surface area contributed by atoms with Crippen LogP contribution in [0.15, 0.2) is 34.5 Å². The Morgan fingerprint density at radius 3 is 2.81 bits per heavy atom. The quantitative estimate of drug-likeness (QED) is 0.823. The first kappa shape index (κ1) is 19.5. The molecular weight excluding hydrogens is 384 g/mol. The molecule has 0 bridgehead atoms. The van der Waals surface area contributed by atoms with E-state index in [9.17, 15) is 13.2 Å². The number of hydrogen-bond acceptors (Lipinski definition) is 6. The molecule has 1 aliphatic heterocycles. The molecule has 1 aromatic carbocycles. The topological polar surface area (TPSA) is 103 Å². The molecule has 2 aromatic rings. The minimum atomic E-state index is -3.60. The maximum Gasteiger partial charge on any atom is 0.243 e. The van der Waals surface area contributed by atoms with Crippen molar-refractivity contribution in [2.24, 2.45) is 0 Å². The lowest BCUT2D eigenvalue weighted by molar-refractivity contribution is -0.119. The number of nitrogens with zero attached hydrogens (tertiary/aromatic N) is 3. The average molecular weight is 405 g/mol. The highest BCUT2D eigenvalue weighted by molar-refractivity contribution is 7.89. The maximum absolute atomic E-state index is 12.9. The highest BCUT2D eigenvalue weighted by Crippen LogP contribution is 2.32. The highest BCUT2D eigenvalue weighted by atomic mass is 32.2. The average Bonchev–Trinajstić information content (AvgIpc) is 3.15. The fraction of sp³-hybridized carbons (Fsp3) is 0.389. The third-order valence-corrected chi connectivity index (χ3v) is 7.38. The second-order valence-corrected chi connectivity index (χ2v) is 9.25. The van der Waals surface area contributed by atoms with Gasteiger partial charge in [-0.2, -0.15) is 9.57 Å². The van der Waals surface area contributed by atoms with Crippen LogP contribution in [-0.4, -0.2) is 36.7 Å². The Morgan fingerprint density at radius 1 is 1.41 bits per heavy atom. The number of carbonyl (C=O) groups is 1. The Bertz CT molecular complexity index is 961. The number of nitrogens with one attached hydrogen (secondary N) is 1. The molecule has 9 heteroatoms. The molecule has 1 saturated heterocycles. The van der Waals surface area contributed by atoms with Crippen molar-refractivity contribution in [1.29, 1.82) is 5.26 Å². The van der Waals surface area contributed by atoms with Crippen LogP contribution in [0.1, 0.15) is 41.9 Å². The molecule has 1 unspecified atom stereocenters. The lowest BCUT2D eigenvalue weighted by Crippen LogP contribution is -2.39. The lowest BCUT2D eigenvalue weighted by Gasteiger charge is -2.31. The molecule has 0 aliphatic carbocycles. The van der Waals surface area contributed by atoms with Gasteiger partial charge in [0.2, 0.25) is 15.9 Å². The SMILES string of the molecule is CC(=O)NCc1csc(C2CCCN(S(=O)(=O)c3ccc(C#N)cc3)C2)n1. The first-order chi connectivity index (χ1) is 12.9. The van der Waals surface area contributed by atoms with Crippen LogP contribution in [0.2, 0.25) is 0 Å². The largest absolute Gasteiger partial charge is 0.351 e. The first-order valence-electron chi connectivity index (χ1n) is 8.59. The molecule has 2 heterocycles. The summed E-state index contributed by atoms with van der Waals surface area (Å²) >= 11 is 1.50. The summed E-state index contributed by atoms with van der Waals surface area (Å²) in [6, 6.07) is 7.98. The second kappa shape index (κ2) is 8.17. The zero-order chi connectivity index (χ0) is 19.4. The fourth-order valence-electron chi connectivity index (χ4n) is 3.02. The van der Waals surface area contributed by atoms with E-state index in [1.54, 1.807) is 0 Å². The van der Waals surface area contributed by atoms with E-state index in [1.807, 2.05) is 11.4 Å². The van der Waals surface area contributed by atoms with E-state index in [0.29, 0.717) is 25.2 Å². The fourth-order valence-corrected chi connectivity index (χ4v) is 5.49. The van der Waals surface area contributed by atoms with Gasteiger partial charge in [0.05, 0.1) is 33.8 Å². The molecule has 1 fully saturated rings. The standard InChI is InChI=1S/C18H20N4O3S2/c1-13(23)20-10-16-12-26-18(21-16)15-3-2-8-22(11-15)27(24,25)17-6-4-14(9-19)5-7-17/h4-7,12,15H,2-3,8,10-11H2,1H3,(H,20,23). The van der Waals surface area contributed by atoms with Gasteiger partial charge >= 0.3 is 0 Å². The summed E-state index contributed by atoms with van der Waals surface area (Å²) in [5, 5.41) is 14.4. The van der Waals surface area contributed by atoms with Crippen LogP contribution in [-0.2, 0) is 21.4 Å². The summed E-state index contributed by atoms with van der Waals surface area (Å²) in [4.78, 5) is 15.8. The van der Waals surface area contributed by atoms with Crippen molar-refractivity contribution in [1.82, 2.24) is 14.6 Å². The van der Waals surface area contributed by atoms with Crippen LogP contribution in [0.3, 0.4) is 0 Å². The van der Waals surface area contributed by atoms with E-state index in [1.165, 1.54) is 46.8 Å². The van der Waals surface area contributed by atoms with Crippen molar-refractivity contribution in [3.63, 3.8) is 0 Å². The second-order valence-electron chi connectivity index (χ2n) is 6.43. The summed E-state index contributed by atoms with van der Waals surface area (Å²) in [7, 11) is -3.60. The summed E-state index contributed by atoms with van der Waals surface area (Å²) in [6.45, 7) is 2.70. The van der Waals surface area contributed by atoms with E-state index < -0.39 is 10.0 Å². The van der Waals surface area contributed by atoms with Crippen molar-refractivity contribution >= 4 is 27.3 Å². The zero-order valence-electron chi connectivity index (χ0n) is 14.9. The number of piperidine rings is 1. The zero-order valence-corrected chi connectivity index (χ0v) is 16.5. The number of hydrogen-bond donors (Lipinski definition) is 1. The number of benzene rings is 1. The molecule has 142 valence electrons. The van der Waals surface area contributed by atoms with Crippen LogP contribution in [0, 0.1) is 11.3 Å². The van der Waals surface area contributed by atoms with Crippen LogP contribution < -0.4 is 5.32 Å². The molecule has 1 amide bonds. The minimum absolute atomic E-state index is 0.0444. The van der Waals surface area contributed by atoms with Crippen molar-refractivity contribution in [2.75, 3.05) is 13.1 Å². The van der Waals surface area contributed by atoms with Crippen LogP contribution in [0.5, 0.6) is 0 Å². The van der Waals surface area contributed by atoms with E-state index in [4.69, 9.17) is 5.26 Å². The lowest BCUT2D eigenvalue weighted by atomic mass is 10.0. The number of amides is 1. The van der Waals surface area contributed by atoms with Gasteiger partial charge in [0.1, 0.15) is 0 Å². The van der Waals surface area contributed by atoms with Gasteiger partial charge in [-0.25, -0.2) is 13.4 Å². The maximum atomic E-state index is 12.9. The van der Waals surface area contributed by atoms with Gasteiger partial charge in [0.25, 0.3) is 0 Å². The Morgan fingerprint density at radius 2 is 2.15 bits per heavy atom. The number of aromatic nitrogens is 1. The van der Waals surface area contributed by atoms with Gasteiger partial charge in [0, 0.05) is 31.3 Å². The van der Waals surface area contributed by atoms with Crippen molar-refractivity contribution in [3.05, 3.63) is 45.9 Å². The normalized spacial score (nSPS) is 18.0. The monoisotopic (exact) mass is 404 g/mol. The third kappa shape index (κ3) is 4.53. The molecule has 0 saturated carbocycles. The third-order valence-electron chi connectivity index (χ3n) is 4.44. The van der Waals surface area contributed by atoms with Crippen LogP contribution >= 0.6 is 11.3 Å². The molecule has 1 N–H and O–H groups in total. The molecule has 0 spiro atoms. The summed E-state index contributed by atoms with van der Waals surface area (Å²) in [6.07, 6.45) is 1.65. The molecule has 7 nitrogen and oxygen atoms in total. The number of carbonyl (C=O) groups excluding carboxylic acids is 1. The Labute approximate surface area is 162 Å². The van der Waals surface area contributed by atoms with Crippen LogP contribution in [0.25, 0.3) is 0 Å². The van der Waals surface area contributed by atoms with Crippen molar-refractivity contribution in [2.45, 2.75) is 37.1 Å². The predicted molar refractivity (Wildman–Crippen MR) is 102 cm³/mol. The molecule has 1 aromatic heterocycles. The summed E-state index contributed by atoms with van der Waals surface area (Å²) in [5.41, 5.74) is 1.22. The molecule has 1 aliphatic rings. The van der Waals surface area contributed by atoms with Gasteiger partial charge in [-0.1, -0.05) is 0 Å². The molecule has 3 rings (SSSR count). The number of rotatable bonds is 5. The van der Waals surface area contributed by atoms with Gasteiger partial charge in [-0.05, 0) is 37.1 Å². The Kier molecular flexibility index (Phi) is 5.89. The summed E-state index contributed by atoms with van der Waals surface area (Å²) < 4.78 is 27.3. The number of sulfonamides is 1. The van der Waals surface area contributed by atoms with Gasteiger partial charge in [-0.3, -0.25) is 4.79 Å². The number of nitriles is 1. The molecule has 0 radical (unpaired) electrons. The number of thiazole rings is 1. The van der Waals surface area contributed by atoms with Gasteiger partial charge in [-0.15, -0.1) is 11.3 Å². The van der Waals surface area contributed by atoms with Crippen molar-refractivity contribution < 1.29 is 13.2 Å². The minimum Gasteiger partial charge on any atom is -0.351 e. The highest BCUT2D eigenvalue weighted by Gasteiger charge is 2.32. The van der Waals surface area contributed by atoms with Crippen molar-refractivity contribution in [3.8, 4) is 6.07 Å². The van der Waals surface area contributed by atoms with E-state index in [-0.39, 0.29) is 16.7 Å². The smallest absolute Gasteiger partial charge is 0.243 e. The van der Waals surface area contributed by atoms with E-state index >= 15 is 0 Å². The predicted octanol–water partition coefficient (Wildman–Crippen LogP) is 2.22. The first-order valence-corrected chi connectivity index (χ1v) is 10.9. The van der Waals surface area contributed by atoms with E-state index in [0.717, 1.165) is 23.5 Å². The molecule has 27 heavy (non-hydrogen) atoms. The Hall–Kier alpha value is -2.28. The summed E-state index contributed by atoms with van der Waals surface area (Å²) in [5.74, 6) is -0.0649. The molecule has 1 atom stereocenters. The Balaban J connectivity index is 1.73. The van der Waals surface area contributed by atoms with E-state index in [2.05, 4.69) is 10.3 Å². The van der Waals surface area contributed by atoms with Gasteiger partial charge < -0.3 is 5.32 Å². The van der Waals surface area contributed by atoms with Gasteiger partial charge in [0.15, 0.2) is 0 Å². The molecular formula is C18H20N4O3S2.